The molecule has 1 N–H and O–H groups in total. The van der Waals surface area contributed by atoms with Crippen LogP contribution in [0.3, 0.4) is 0 Å². The van der Waals surface area contributed by atoms with Crippen molar-refractivity contribution >= 4 is 16.0 Å². The smallest absolute Gasteiger partial charge is 0.324 e. The second kappa shape index (κ2) is 7.50. The van der Waals surface area contributed by atoms with Crippen molar-refractivity contribution in [2.24, 2.45) is 0 Å². The van der Waals surface area contributed by atoms with Gasteiger partial charge in [-0.3, -0.25) is 4.79 Å². The van der Waals surface area contributed by atoms with Gasteiger partial charge >= 0.3 is 5.97 Å². The summed E-state index contributed by atoms with van der Waals surface area (Å²) in [5.41, 5.74) is 0.657. The van der Waals surface area contributed by atoms with E-state index < -0.39 is 38.6 Å². The lowest BCUT2D eigenvalue weighted by molar-refractivity contribution is -0.142. The highest BCUT2D eigenvalue weighted by molar-refractivity contribution is 7.89. The van der Waals surface area contributed by atoms with Crippen LogP contribution < -0.4 is 4.72 Å². The van der Waals surface area contributed by atoms with Gasteiger partial charge in [-0.25, -0.2) is 17.2 Å². The summed E-state index contributed by atoms with van der Waals surface area (Å²) in [6.45, 7) is 0. The molecule has 0 saturated carbocycles. The molecule has 0 aromatic heterocycles. The standard InChI is InChI=1S/C16H15F2NO4S/c1-23-16(20)14(10-11-6-3-2-4-7-11)19-24(21,22)15-12(17)8-5-9-13(15)18/h2-9,14,19H,10H2,1H3. The minimum atomic E-state index is -4.60. The molecule has 0 saturated heterocycles. The van der Waals surface area contributed by atoms with E-state index in [1.54, 1.807) is 30.3 Å². The number of esters is 1. The van der Waals surface area contributed by atoms with E-state index in [4.69, 9.17) is 0 Å². The first-order valence-electron chi connectivity index (χ1n) is 6.93. The Morgan fingerprint density at radius 1 is 1.08 bits per heavy atom. The normalized spacial score (nSPS) is 12.6. The number of carbonyl (C=O) groups excluding carboxylic acids is 1. The highest BCUT2D eigenvalue weighted by atomic mass is 32.2. The molecule has 24 heavy (non-hydrogen) atoms. The molecule has 0 aliphatic heterocycles. The molecule has 0 heterocycles. The zero-order valence-electron chi connectivity index (χ0n) is 12.7. The molecule has 0 aliphatic rings. The lowest BCUT2D eigenvalue weighted by Crippen LogP contribution is -2.43. The molecule has 2 aromatic rings. The predicted octanol–water partition coefficient (Wildman–Crippen LogP) is 2.03. The molecule has 1 unspecified atom stereocenters. The Labute approximate surface area is 138 Å². The molecule has 0 spiro atoms. The summed E-state index contributed by atoms with van der Waals surface area (Å²) in [7, 11) is -3.50. The summed E-state index contributed by atoms with van der Waals surface area (Å²) < 4.78 is 58.6. The maximum Gasteiger partial charge on any atom is 0.324 e. The van der Waals surface area contributed by atoms with Crippen LogP contribution in [0.25, 0.3) is 0 Å². The number of sulfonamides is 1. The highest BCUT2D eigenvalue weighted by Gasteiger charge is 2.30. The number of hydrogen-bond acceptors (Lipinski definition) is 4. The first kappa shape index (κ1) is 18.0. The third-order valence-electron chi connectivity index (χ3n) is 3.25. The Bertz CT molecular complexity index is 805. The van der Waals surface area contributed by atoms with Crippen molar-refractivity contribution in [2.45, 2.75) is 17.4 Å². The van der Waals surface area contributed by atoms with Crippen LogP contribution in [-0.4, -0.2) is 27.5 Å². The van der Waals surface area contributed by atoms with Gasteiger partial charge in [0.1, 0.15) is 17.7 Å². The Kier molecular flexibility index (Phi) is 5.63. The molecule has 8 heteroatoms. The Morgan fingerprint density at radius 3 is 2.21 bits per heavy atom. The lowest BCUT2D eigenvalue weighted by Gasteiger charge is -2.17. The van der Waals surface area contributed by atoms with Gasteiger partial charge in [-0.15, -0.1) is 0 Å². The van der Waals surface area contributed by atoms with Gasteiger partial charge in [0.15, 0.2) is 4.90 Å². The van der Waals surface area contributed by atoms with E-state index in [0.29, 0.717) is 5.56 Å². The van der Waals surface area contributed by atoms with Crippen LogP contribution in [0.15, 0.2) is 53.4 Å². The van der Waals surface area contributed by atoms with Gasteiger partial charge in [0.2, 0.25) is 10.0 Å². The molecule has 0 bridgehead atoms. The number of halogens is 2. The van der Waals surface area contributed by atoms with Gasteiger partial charge in [-0.05, 0) is 24.1 Å². The fraction of sp³-hybridized carbons (Fsp3) is 0.188. The van der Waals surface area contributed by atoms with E-state index >= 15 is 0 Å². The summed E-state index contributed by atoms with van der Waals surface area (Å²) in [6.07, 6.45) is -0.0250. The van der Waals surface area contributed by atoms with Crippen LogP contribution in [0.1, 0.15) is 5.56 Å². The fourth-order valence-corrected chi connectivity index (χ4v) is 3.47. The van der Waals surface area contributed by atoms with E-state index in [1.165, 1.54) is 0 Å². The maximum atomic E-state index is 13.7. The van der Waals surface area contributed by atoms with Gasteiger partial charge in [0.25, 0.3) is 0 Å². The van der Waals surface area contributed by atoms with E-state index in [0.717, 1.165) is 25.3 Å². The third kappa shape index (κ3) is 4.15. The van der Waals surface area contributed by atoms with Gasteiger partial charge < -0.3 is 4.74 Å². The van der Waals surface area contributed by atoms with Crippen molar-refractivity contribution in [3.05, 3.63) is 65.7 Å². The SMILES string of the molecule is COC(=O)C(Cc1ccccc1)NS(=O)(=O)c1c(F)cccc1F. The molecule has 0 fully saturated rings. The number of rotatable bonds is 6. The number of ether oxygens (including phenoxy) is 1. The quantitative estimate of drug-likeness (QED) is 0.805. The lowest BCUT2D eigenvalue weighted by atomic mass is 10.1. The molecular weight excluding hydrogens is 340 g/mol. The second-order valence-electron chi connectivity index (χ2n) is 4.94. The molecule has 0 aliphatic carbocycles. The summed E-state index contributed by atoms with van der Waals surface area (Å²) in [4.78, 5) is 10.7. The first-order valence-corrected chi connectivity index (χ1v) is 8.41. The molecule has 2 aromatic carbocycles. The van der Waals surface area contributed by atoms with Crippen molar-refractivity contribution < 1.29 is 26.7 Å². The molecule has 0 radical (unpaired) electrons. The Morgan fingerprint density at radius 2 is 1.67 bits per heavy atom. The molecule has 1 atom stereocenters. The van der Waals surface area contributed by atoms with Crippen molar-refractivity contribution in [3.8, 4) is 0 Å². The number of benzene rings is 2. The van der Waals surface area contributed by atoms with Crippen molar-refractivity contribution in [1.29, 1.82) is 0 Å². The zero-order chi connectivity index (χ0) is 17.7. The fourth-order valence-electron chi connectivity index (χ4n) is 2.15. The van der Waals surface area contributed by atoms with E-state index in [9.17, 15) is 22.0 Å². The van der Waals surface area contributed by atoms with Crippen molar-refractivity contribution in [3.63, 3.8) is 0 Å². The van der Waals surface area contributed by atoms with Crippen LogP contribution in [0, 0.1) is 11.6 Å². The van der Waals surface area contributed by atoms with Crippen LogP contribution >= 0.6 is 0 Å². The number of hydrogen-bond donors (Lipinski definition) is 1. The van der Waals surface area contributed by atoms with Gasteiger partial charge in [-0.2, -0.15) is 4.72 Å². The highest BCUT2D eigenvalue weighted by Crippen LogP contribution is 2.19. The number of nitrogens with one attached hydrogen (secondary N) is 1. The summed E-state index contributed by atoms with van der Waals surface area (Å²) in [6, 6.07) is 9.94. The minimum Gasteiger partial charge on any atom is -0.468 e. The second-order valence-corrected chi connectivity index (χ2v) is 6.59. The molecule has 0 amide bonds. The summed E-state index contributed by atoms with van der Waals surface area (Å²) >= 11 is 0. The predicted molar refractivity (Wildman–Crippen MR) is 82.6 cm³/mol. The van der Waals surface area contributed by atoms with Crippen LogP contribution in [0.5, 0.6) is 0 Å². The number of methoxy groups -OCH3 is 1. The topological polar surface area (TPSA) is 72.5 Å². The monoisotopic (exact) mass is 355 g/mol. The molecule has 5 nitrogen and oxygen atoms in total. The van der Waals surface area contributed by atoms with Crippen molar-refractivity contribution in [1.82, 2.24) is 4.72 Å². The van der Waals surface area contributed by atoms with E-state index in [1.807, 2.05) is 4.72 Å². The first-order chi connectivity index (χ1) is 11.3. The summed E-state index contributed by atoms with van der Waals surface area (Å²) in [5, 5.41) is 0. The van der Waals surface area contributed by atoms with Crippen LogP contribution in [0.2, 0.25) is 0 Å². The van der Waals surface area contributed by atoms with E-state index in [2.05, 4.69) is 4.74 Å². The van der Waals surface area contributed by atoms with Gasteiger partial charge in [0.05, 0.1) is 7.11 Å². The van der Waals surface area contributed by atoms with Crippen LogP contribution in [0.4, 0.5) is 8.78 Å². The Balaban J connectivity index is 2.33. The van der Waals surface area contributed by atoms with Gasteiger partial charge in [-0.1, -0.05) is 36.4 Å². The molecule has 2 rings (SSSR count). The Hall–Kier alpha value is -2.32. The number of carbonyl (C=O) groups is 1. The average Bonchev–Trinajstić information content (AvgIpc) is 2.54. The third-order valence-corrected chi connectivity index (χ3v) is 4.78. The van der Waals surface area contributed by atoms with Crippen molar-refractivity contribution in [2.75, 3.05) is 7.11 Å². The van der Waals surface area contributed by atoms with Crippen LogP contribution in [-0.2, 0) is 26.0 Å². The van der Waals surface area contributed by atoms with Gasteiger partial charge in [0, 0.05) is 0 Å². The van der Waals surface area contributed by atoms with E-state index in [-0.39, 0.29) is 6.42 Å². The molecule has 128 valence electrons. The largest absolute Gasteiger partial charge is 0.468 e. The summed E-state index contributed by atoms with van der Waals surface area (Å²) in [5.74, 6) is -3.35. The zero-order valence-corrected chi connectivity index (χ0v) is 13.5. The average molecular weight is 355 g/mol. The maximum absolute atomic E-state index is 13.7. The minimum absolute atomic E-state index is 0.0250. The molecular formula is C16H15F2NO4S.